The molecule has 2 rings (SSSR count). The summed E-state index contributed by atoms with van der Waals surface area (Å²) < 4.78 is 6.83. The van der Waals surface area contributed by atoms with Gasteiger partial charge in [0.05, 0.1) is 6.54 Å². The Bertz CT molecular complexity index is 432. The number of aromatic nitrogens is 3. The quantitative estimate of drug-likeness (QED) is 0.802. The van der Waals surface area contributed by atoms with E-state index in [1.807, 2.05) is 20.8 Å². The van der Waals surface area contributed by atoms with E-state index < -0.39 is 17.6 Å². The van der Waals surface area contributed by atoms with Crippen molar-refractivity contribution in [2.75, 3.05) is 0 Å². The van der Waals surface area contributed by atoms with Crippen molar-refractivity contribution in [1.29, 1.82) is 0 Å². The van der Waals surface area contributed by atoms with E-state index in [1.165, 1.54) is 0 Å². The van der Waals surface area contributed by atoms with Crippen LogP contribution in [-0.2, 0) is 16.1 Å². The fourth-order valence-corrected chi connectivity index (χ4v) is 1.58. The Morgan fingerprint density at radius 3 is 2.83 bits per heavy atom. The van der Waals surface area contributed by atoms with Gasteiger partial charge in [-0.3, -0.25) is 9.48 Å². The van der Waals surface area contributed by atoms with E-state index >= 15 is 0 Å². The van der Waals surface area contributed by atoms with Crippen molar-refractivity contribution < 1.29 is 9.53 Å². The number of ether oxygens (including phenoxy) is 1. The molecule has 6 nitrogen and oxygen atoms in total. The minimum absolute atomic E-state index is 0.300. The molecule has 1 aromatic heterocycles. The molecule has 1 fully saturated rings. The van der Waals surface area contributed by atoms with Gasteiger partial charge >= 0.3 is 5.97 Å². The predicted molar refractivity (Wildman–Crippen MR) is 65.8 cm³/mol. The second kappa shape index (κ2) is 4.68. The summed E-state index contributed by atoms with van der Waals surface area (Å²) in [4.78, 5) is 15.9. The number of carbonyl (C=O) groups is 1. The number of nitrogens with zero attached hydrogens (tertiary/aromatic N) is 3. The van der Waals surface area contributed by atoms with Crippen LogP contribution in [0.5, 0.6) is 0 Å². The van der Waals surface area contributed by atoms with Gasteiger partial charge in [-0.15, -0.1) is 0 Å². The maximum atomic E-state index is 11.7. The Morgan fingerprint density at radius 2 is 2.28 bits per heavy atom. The first kappa shape index (κ1) is 13.0. The highest BCUT2D eigenvalue weighted by Gasteiger charge is 2.28. The first-order valence-corrected chi connectivity index (χ1v) is 6.23. The molecule has 1 saturated carbocycles. The van der Waals surface area contributed by atoms with Crippen LogP contribution in [0.3, 0.4) is 0 Å². The molecule has 0 radical (unpaired) electrons. The summed E-state index contributed by atoms with van der Waals surface area (Å²) in [6.07, 6.45) is 3.93. The van der Waals surface area contributed by atoms with Crippen molar-refractivity contribution in [3.8, 4) is 0 Å². The topological polar surface area (TPSA) is 83.0 Å². The molecule has 0 aromatic carbocycles. The van der Waals surface area contributed by atoms with Gasteiger partial charge in [0.25, 0.3) is 0 Å². The van der Waals surface area contributed by atoms with E-state index in [2.05, 4.69) is 10.1 Å². The number of rotatable bonds is 4. The third kappa shape index (κ3) is 3.53. The predicted octanol–water partition coefficient (Wildman–Crippen LogP) is 0.824. The fourth-order valence-electron chi connectivity index (χ4n) is 1.58. The lowest BCUT2D eigenvalue weighted by Crippen LogP contribution is -2.40. The Kier molecular flexibility index (Phi) is 3.38. The first-order valence-electron chi connectivity index (χ1n) is 6.23. The number of nitrogens with two attached hydrogens (primary N) is 1. The van der Waals surface area contributed by atoms with Crippen molar-refractivity contribution in [3.63, 3.8) is 0 Å². The summed E-state index contributed by atoms with van der Waals surface area (Å²) in [5.41, 5.74) is 5.28. The third-order valence-corrected chi connectivity index (χ3v) is 2.59. The highest BCUT2D eigenvalue weighted by atomic mass is 16.6. The molecule has 100 valence electrons. The van der Waals surface area contributed by atoms with Crippen molar-refractivity contribution >= 4 is 5.97 Å². The zero-order valence-electron chi connectivity index (χ0n) is 11.1. The van der Waals surface area contributed by atoms with Crippen molar-refractivity contribution in [2.24, 2.45) is 5.73 Å². The molecule has 1 aromatic rings. The zero-order valence-corrected chi connectivity index (χ0v) is 11.1. The molecule has 0 saturated heterocycles. The molecule has 0 spiro atoms. The molecule has 1 atom stereocenters. The number of hydrogen-bond acceptors (Lipinski definition) is 5. The van der Waals surface area contributed by atoms with Crippen LogP contribution in [0, 0.1) is 0 Å². The summed E-state index contributed by atoms with van der Waals surface area (Å²) >= 11 is 0. The molecular weight excluding hydrogens is 232 g/mol. The summed E-state index contributed by atoms with van der Waals surface area (Å²) in [6, 6.07) is -0.710. The summed E-state index contributed by atoms with van der Waals surface area (Å²) in [5.74, 6) is 0.946. The zero-order chi connectivity index (χ0) is 13.3. The summed E-state index contributed by atoms with van der Waals surface area (Å²) in [6.45, 7) is 5.75. The van der Waals surface area contributed by atoms with Crippen molar-refractivity contribution in [1.82, 2.24) is 14.8 Å². The molecule has 0 amide bonds. The summed E-state index contributed by atoms with van der Waals surface area (Å²) in [5, 5.41) is 4.31. The average Bonchev–Trinajstić information content (AvgIpc) is 2.98. The lowest BCUT2D eigenvalue weighted by molar-refractivity contribution is -0.156. The van der Waals surface area contributed by atoms with Gasteiger partial charge in [0.1, 0.15) is 18.0 Å². The molecule has 0 aliphatic heterocycles. The van der Waals surface area contributed by atoms with Crippen LogP contribution in [0.15, 0.2) is 6.33 Å². The molecule has 2 N–H and O–H groups in total. The SMILES string of the molecule is CC(C)(C)OC(=O)C(N)Cn1cnc(C2CC2)n1. The van der Waals surface area contributed by atoms with E-state index in [1.54, 1.807) is 11.0 Å². The molecule has 1 aliphatic rings. The fraction of sp³-hybridized carbons (Fsp3) is 0.750. The average molecular weight is 252 g/mol. The van der Waals surface area contributed by atoms with E-state index in [4.69, 9.17) is 10.5 Å². The maximum Gasteiger partial charge on any atom is 0.325 e. The van der Waals surface area contributed by atoms with E-state index in [-0.39, 0.29) is 0 Å². The van der Waals surface area contributed by atoms with E-state index in [9.17, 15) is 4.79 Å². The molecule has 1 heterocycles. The molecular formula is C12H20N4O2. The van der Waals surface area contributed by atoms with Crippen LogP contribution >= 0.6 is 0 Å². The lowest BCUT2D eigenvalue weighted by atomic mass is 10.2. The lowest BCUT2D eigenvalue weighted by Gasteiger charge is -2.22. The van der Waals surface area contributed by atoms with Gasteiger partial charge in [0, 0.05) is 5.92 Å². The highest BCUT2D eigenvalue weighted by Crippen LogP contribution is 2.37. The standard InChI is InChI=1S/C12H20N4O2/c1-12(2,3)18-11(17)9(13)6-16-7-14-10(15-16)8-4-5-8/h7-9H,4-6,13H2,1-3H3. The molecule has 18 heavy (non-hydrogen) atoms. The van der Waals surface area contributed by atoms with Crippen LogP contribution < -0.4 is 5.73 Å². The number of hydrogen-bond donors (Lipinski definition) is 1. The Hall–Kier alpha value is -1.43. The molecule has 6 heteroatoms. The Morgan fingerprint density at radius 1 is 1.61 bits per heavy atom. The highest BCUT2D eigenvalue weighted by molar-refractivity contribution is 5.75. The van der Waals surface area contributed by atoms with Gasteiger partial charge in [0.15, 0.2) is 5.82 Å². The van der Waals surface area contributed by atoms with Gasteiger partial charge < -0.3 is 10.5 Å². The monoisotopic (exact) mass is 252 g/mol. The summed E-state index contributed by atoms with van der Waals surface area (Å²) in [7, 11) is 0. The van der Waals surface area contributed by atoms with Crippen LogP contribution in [-0.4, -0.2) is 32.4 Å². The first-order chi connectivity index (χ1) is 8.35. The smallest absolute Gasteiger partial charge is 0.325 e. The van der Waals surface area contributed by atoms with Crippen LogP contribution in [0.1, 0.15) is 45.4 Å². The molecule has 0 bridgehead atoms. The van der Waals surface area contributed by atoms with Crippen molar-refractivity contribution in [3.05, 3.63) is 12.2 Å². The third-order valence-electron chi connectivity index (χ3n) is 2.59. The maximum absolute atomic E-state index is 11.7. The second-order valence-corrected chi connectivity index (χ2v) is 5.74. The molecule has 1 aliphatic carbocycles. The van der Waals surface area contributed by atoms with Crippen LogP contribution in [0.4, 0.5) is 0 Å². The Labute approximate surface area is 107 Å². The van der Waals surface area contributed by atoms with Crippen LogP contribution in [0.25, 0.3) is 0 Å². The largest absolute Gasteiger partial charge is 0.459 e. The minimum Gasteiger partial charge on any atom is -0.459 e. The normalized spacial score (nSPS) is 17.6. The Balaban J connectivity index is 1.89. The van der Waals surface area contributed by atoms with E-state index in [0.717, 1.165) is 18.7 Å². The van der Waals surface area contributed by atoms with Gasteiger partial charge in [0.2, 0.25) is 0 Å². The van der Waals surface area contributed by atoms with Crippen molar-refractivity contribution in [2.45, 2.75) is 57.7 Å². The second-order valence-electron chi connectivity index (χ2n) is 5.74. The van der Waals surface area contributed by atoms with Gasteiger partial charge in [-0.05, 0) is 33.6 Å². The van der Waals surface area contributed by atoms with Gasteiger partial charge in [-0.2, -0.15) is 5.10 Å². The van der Waals surface area contributed by atoms with Gasteiger partial charge in [-0.25, -0.2) is 4.98 Å². The van der Waals surface area contributed by atoms with Crippen LogP contribution in [0.2, 0.25) is 0 Å². The number of carbonyl (C=O) groups excluding carboxylic acids is 1. The van der Waals surface area contributed by atoms with Gasteiger partial charge in [-0.1, -0.05) is 0 Å². The minimum atomic E-state index is -0.710. The number of esters is 1. The van der Waals surface area contributed by atoms with E-state index in [0.29, 0.717) is 12.5 Å². The molecule has 1 unspecified atom stereocenters.